The number of nitrogens with one attached hydrogen (secondary N) is 1. The second-order valence-electron chi connectivity index (χ2n) is 5.30. The number of H-pyrrole nitrogens is 1. The summed E-state index contributed by atoms with van der Waals surface area (Å²) in [6, 6.07) is 0. The molecule has 7 nitrogen and oxygen atoms in total. The van der Waals surface area contributed by atoms with Crippen molar-refractivity contribution in [3.63, 3.8) is 0 Å². The van der Waals surface area contributed by atoms with Crippen molar-refractivity contribution >= 4 is 22.8 Å². The van der Waals surface area contributed by atoms with E-state index in [1.165, 1.54) is 7.11 Å². The number of methoxy groups -OCH3 is 1. The number of hydrogen-bond donors (Lipinski definition) is 1. The molecule has 0 aromatic carbocycles. The van der Waals surface area contributed by atoms with Gasteiger partial charge in [-0.3, -0.25) is 4.79 Å². The lowest BCUT2D eigenvalue weighted by Gasteiger charge is -2.13. The fraction of sp³-hybridized carbons (Fsp3) is 0.438. The Morgan fingerprint density at radius 2 is 2.22 bits per heavy atom. The van der Waals surface area contributed by atoms with Crippen molar-refractivity contribution in [2.24, 2.45) is 0 Å². The molecule has 7 heteroatoms. The largest absolute Gasteiger partial charge is 0.515 e. The molecular weight excluding hydrogens is 300 g/mol. The van der Waals surface area contributed by atoms with Crippen LogP contribution < -0.4 is 4.74 Å². The first-order valence-electron chi connectivity index (χ1n) is 7.54. The van der Waals surface area contributed by atoms with E-state index in [-0.39, 0.29) is 24.9 Å². The molecule has 0 aliphatic heterocycles. The Kier molecular flexibility index (Phi) is 4.29. The smallest absolute Gasteiger partial charge is 0.434 e. The Morgan fingerprint density at radius 1 is 1.39 bits per heavy atom. The Labute approximate surface area is 132 Å². The Morgan fingerprint density at radius 3 is 2.96 bits per heavy atom. The summed E-state index contributed by atoms with van der Waals surface area (Å²) in [6.45, 7) is 2.07. The van der Waals surface area contributed by atoms with E-state index in [9.17, 15) is 9.59 Å². The van der Waals surface area contributed by atoms with Crippen LogP contribution in [-0.4, -0.2) is 35.6 Å². The number of carbonyl (C=O) groups excluding carboxylic acids is 2. The van der Waals surface area contributed by atoms with Gasteiger partial charge >= 0.3 is 6.16 Å². The first-order valence-corrected chi connectivity index (χ1v) is 7.54. The van der Waals surface area contributed by atoms with E-state index in [0.717, 1.165) is 29.4 Å². The first kappa shape index (κ1) is 15.5. The molecule has 0 saturated heterocycles. The first-order chi connectivity index (χ1) is 11.2. The minimum atomic E-state index is -0.826. The zero-order valence-electron chi connectivity index (χ0n) is 13.1. The maximum Gasteiger partial charge on any atom is 0.515 e. The van der Waals surface area contributed by atoms with Crippen LogP contribution >= 0.6 is 0 Å². The number of Topliss-reactive ketones (excluding diaryl/α,β-unsaturated/α-hetero) is 1. The fourth-order valence-electron chi connectivity index (χ4n) is 2.93. The number of rotatable bonds is 4. The van der Waals surface area contributed by atoms with Crippen LogP contribution in [0, 0.1) is 0 Å². The van der Waals surface area contributed by atoms with Crippen molar-refractivity contribution < 1.29 is 23.8 Å². The number of aryl methyl sites for hydroxylation is 1. The number of aromatic nitrogens is 2. The molecule has 122 valence electrons. The van der Waals surface area contributed by atoms with Crippen molar-refractivity contribution in [2.75, 3.05) is 13.7 Å². The zero-order chi connectivity index (χ0) is 16.4. The molecule has 0 radical (unpaired) electrons. The van der Waals surface area contributed by atoms with Crippen molar-refractivity contribution in [1.29, 1.82) is 0 Å². The number of nitrogens with zero attached hydrogens (tertiary/aromatic N) is 1. The van der Waals surface area contributed by atoms with Gasteiger partial charge in [0.25, 0.3) is 0 Å². The number of pyridine rings is 1. The third-order valence-electron chi connectivity index (χ3n) is 3.82. The standard InChI is InChI=1S/C16H18N2O5/c1-3-22-16(20)23-15-9(8-21-2)13-11(7-17-15)18-10-5-4-6-12(19)14(10)13/h7,18H,3-6,8H2,1-2H3. The van der Waals surface area contributed by atoms with Gasteiger partial charge in [0.15, 0.2) is 5.78 Å². The van der Waals surface area contributed by atoms with Gasteiger partial charge in [-0.25, -0.2) is 9.78 Å². The zero-order valence-corrected chi connectivity index (χ0v) is 13.1. The predicted octanol–water partition coefficient (Wildman–Crippen LogP) is 2.76. The molecule has 3 rings (SSSR count). The summed E-state index contributed by atoms with van der Waals surface area (Å²) >= 11 is 0. The second-order valence-corrected chi connectivity index (χ2v) is 5.30. The van der Waals surface area contributed by atoms with Crippen molar-refractivity contribution in [3.8, 4) is 5.88 Å². The fourth-order valence-corrected chi connectivity index (χ4v) is 2.93. The molecule has 0 atom stereocenters. The third kappa shape index (κ3) is 2.79. The van der Waals surface area contributed by atoms with E-state index in [2.05, 4.69) is 9.97 Å². The minimum absolute atomic E-state index is 0.0862. The van der Waals surface area contributed by atoms with E-state index in [0.29, 0.717) is 17.5 Å². The van der Waals surface area contributed by atoms with Gasteiger partial charge in [-0.15, -0.1) is 0 Å². The molecular formula is C16H18N2O5. The van der Waals surface area contributed by atoms with Crippen LogP contribution in [0.4, 0.5) is 4.79 Å². The van der Waals surface area contributed by atoms with Crippen LogP contribution in [0.15, 0.2) is 6.20 Å². The molecule has 2 heterocycles. The minimum Gasteiger partial charge on any atom is -0.434 e. The van der Waals surface area contributed by atoms with Crippen LogP contribution in [0.2, 0.25) is 0 Å². The monoisotopic (exact) mass is 318 g/mol. The highest BCUT2D eigenvalue weighted by Gasteiger charge is 2.26. The molecule has 0 spiro atoms. The summed E-state index contributed by atoms with van der Waals surface area (Å²) in [6.07, 6.45) is 2.90. The van der Waals surface area contributed by atoms with Gasteiger partial charge in [-0.05, 0) is 19.8 Å². The molecule has 0 fully saturated rings. The maximum absolute atomic E-state index is 12.3. The Hall–Kier alpha value is -2.41. The normalized spacial score (nSPS) is 13.9. The third-order valence-corrected chi connectivity index (χ3v) is 3.82. The molecule has 1 aliphatic carbocycles. The summed E-state index contributed by atoms with van der Waals surface area (Å²) < 4.78 is 15.2. The van der Waals surface area contributed by atoms with E-state index in [4.69, 9.17) is 14.2 Å². The predicted molar refractivity (Wildman–Crippen MR) is 81.7 cm³/mol. The highest BCUT2D eigenvalue weighted by molar-refractivity contribution is 6.11. The summed E-state index contributed by atoms with van der Waals surface area (Å²) in [7, 11) is 1.54. The van der Waals surface area contributed by atoms with Gasteiger partial charge in [0.05, 0.1) is 30.5 Å². The van der Waals surface area contributed by atoms with Crippen LogP contribution in [0.1, 0.15) is 41.4 Å². The Bertz CT molecular complexity index is 765. The summed E-state index contributed by atoms with van der Waals surface area (Å²) in [5, 5.41) is 0.723. The topological polar surface area (TPSA) is 90.5 Å². The van der Waals surface area contributed by atoms with Gasteiger partial charge in [-0.1, -0.05) is 0 Å². The Balaban J connectivity index is 2.14. The molecule has 23 heavy (non-hydrogen) atoms. The summed E-state index contributed by atoms with van der Waals surface area (Å²) in [4.78, 5) is 31.3. The van der Waals surface area contributed by atoms with Crippen molar-refractivity contribution in [3.05, 3.63) is 23.0 Å². The average Bonchev–Trinajstić information content (AvgIpc) is 2.90. The quantitative estimate of drug-likeness (QED) is 0.872. The molecule has 1 aliphatic rings. The molecule has 0 bridgehead atoms. The maximum atomic E-state index is 12.3. The van der Waals surface area contributed by atoms with E-state index in [1.54, 1.807) is 13.1 Å². The van der Waals surface area contributed by atoms with Crippen LogP contribution in [-0.2, 0) is 22.5 Å². The molecule has 0 amide bonds. The summed E-state index contributed by atoms with van der Waals surface area (Å²) in [5.41, 5.74) is 2.89. The van der Waals surface area contributed by atoms with Crippen LogP contribution in [0.5, 0.6) is 5.88 Å². The number of aromatic amines is 1. The van der Waals surface area contributed by atoms with E-state index in [1.807, 2.05) is 0 Å². The second kappa shape index (κ2) is 6.37. The summed E-state index contributed by atoms with van der Waals surface area (Å²) in [5.74, 6) is 0.195. The number of fused-ring (bicyclic) bond motifs is 3. The number of ketones is 1. The van der Waals surface area contributed by atoms with E-state index >= 15 is 0 Å². The lowest BCUT2D eigenvalue weighted by Crippen LogP contribution is -2.13. The molecule has 0 saturated carbocycles. The van der Waals surface area contributed by atoms with Crippen molar-refractivity contribution in [1.82, 2.24) is 9.97 Å². The highest BCUT2D eigenvalue weighted by Crippen LogP contribution is 2.35. The van der Waals surface area contributed by atoms with E-state index < -0.39 is 6.16 Å². The van der Waals surface area contributed by atoms with Gasteiger partial charge in [-0.2, -0.15) is 0 Å². The molecule has 2 aromatic rings. The lowest BCUT2D eigenvalue weighted by molar-refractivity contribution is 0.0973. The molecule has 1 N–H and O–H groups in total. The molecule has 2 aromatic heterocycles. The van der Waals surface area contributed by atoms with Gasteiger partial charge < -0.3 is 19.2 Å². The number of carbonyl (C=O) groups is 2. The number of hydrogen-bond acceptors (Lipinski definition) is 6. The lowest BCUT2D eigenvalue weighted by atomic mass is 9.93. The van der Waals surface area contributed by atoms with Crippen molar-refractivity contribution in [2.45, 2.75) is 32.8 Å². The SMILES string of the molecule is CCOC(=O)Oc1ncc2[nH]c3c(c2c1COC)C(=O)CCC3. The van der Waals surface area contributed by atoms with Crippen LogP contribution in [0.25, 0.3) is 10.9 Å². The number of ether oxygens (including phenoxy) is 3. The van der Waals surface area contributed by atoms with Crippen LogP contribution in [0.3, 0.4) is 0 Å². The molecule has 0 unspecified atom stereocenters. The van der Waals surface area contributed by atoms with Gasteiger partial charge in [0.1, 0.15) is 0 Å². The highest BCUT2D eigenvalue weighted by atomic mass is 16.7. The average molecular weight is 318 g/mol. The van der Waals surface area contributed by atoms with Gasteiger partial charge in [0, 0.05) is 30.2 Å². The van der Waals surface area contributed by atoms with Gasteiger partial charge in [0.2, 0.25) is 5.88 Å².